The standard InChI is InChI=1S/C12H10N2O8S.4Na.4H/c13-2-6-5(1-7(15)16)10(12(21)22)23-11(6)14(3-8(17)18)4-9(19)20;;;;;;;;/h1,3-4H2,(H,15,16)(H,17,18)(H,19,20)(H,21,22);;;;;;;;. The summed E-state index contributed by atoms with van der Waals surface area (Å²) in [5, 5.41) is 44.6. The van der Waals surface area contributed by atoms with Crippen LogP contribution in [0.1, 0.15) is 20.8 Å². The zero-order chi connectivity index (χ0) is 17.7. The maximum absolute atomic E-state index is 11.2. The molecule has 1 rings (SSSR count). The molecule has 0 fully saturated rings. The molecule has 1 heterocycles. The van der Waals surface area contributed by atoms with Crippen molar-refractivity contribution in [2.75, 3.05) is 18.0 Å². The fourth-order valence-corrected chi connectivity index (χ4v) is 2.92. The van der Waals surface area contributed by atoms with Crippen LogP contribution in [0.3, 0.4) is 0 Å². The van der Waals surface area contributed by atoms with Gasteiger partial charge in [-0.3, -0.25) is 14.4 Å². The number of carboxylic acids is 4. The van der Waals surface area contributed by atoms with Crippen molar-refractivity contribution >= 4 is 158 Å². The van der Waals surface area contributed by atoms with Gasteiger partial charge in [-0.1, -0.05) is 0 Å². The Labute approximate surface area is 246 Å². The van der Waals surface area contributed by atoms with Gasteiger partial charge < -0.3 is 25.3 Å². The Morgan fingerprint density at radius 3 is 1.63 bits per heavy atom. The first-order valence-electron chi connectivity index (χ1n) is 5.86. The number of carbonyl (C=O) groups is 4. The van der Waals surface area contributed by atoms with Gasteiger partial charge in [0.2, 0.25) is 0 Å². The van der Waals surface area contributed by atoms with E-state index in [4.69, 9.17) is 20.4 Å². The number of hydrogen-bond acceptors (Lipinski definition) is 7. The third kappa shape index (κ3) is 11.0. The second kappa shape index (κ2) is 16.6. The van der Waals surface area contributed by atoms with Gasteiger partial charge in [0.25, 0.3) is 0 Å². The molecule has 0 saturated carbocycles. The summed E-state index contributed by atoms with van der Waals surface area (Å²) in [6.07, 6.45) is -0.755. The first-order valence-corrected chi connectivity index (χ1v) is 6.68. The van der Waals surface area contributed by atoms with Crippen LogP contribution in [-0.2, 0) is 20.8 Å². The molecule has 27 heavy (non-hydrogen) atoms. The van der Waals surface area contributed by atoms with Crippen LogP contribution in [0.15, 0.2) is 0 Å². The maximum atomic E-state index is 11.2. The van der Waals surface area contributed by atoms with E-state index in [0.717, 1.165) is 4.90 Å². The topological polar surface area (TPSA) is 176 Å². The normalized spacial score (nSPS) is 8.41. The fraction of sp³-hybridized carbons (Fsp3) is 0.250. The van der Waals surface area contributed by atoms with E-state index in [1.54, 1.807) is 6.07 Å². The SMILES string of the molecule is N#Cc1c(N(CC(=O)O)CC(=O)O)sc(C(=O)O)c1CC(=O)O.[NaH].[NaH].[NaH].[NaH]. The molecule has 0 aliphatic carbocycles. The second-order valence-corrected chi connectivity index (χ2v) is 5.22. The molecule has 1 aromatic heterocycles. The van der Waals surface area contributed by atoms with Gasteiger partial charge >= 0.3 is 142 Å². The molecule has 10 nitrogen and oxygen atoms in total. The van der Waals surface area contributed by atoms with Crippen LogP contribution in [0.5, 0.6) is 0 Å². The summed E-state index contributed by atoms with van der Waals surface area (Å²) in [6, 6.07) is 1.63. The molecule has 0 spiro atoms. The van der Waals surface area contributed by atoms with Crippen LogP contribution in [0.4, 0.5) is 5.00 Å². The van der Waals surface area contributed by atoms with Crippen molar-refractivity contribution in [1.82, 2.24) is 0 Å². The molecule has 0 amide bonds. The Morgan fingerprint density at radius 2 is 1.33 bits per heavy atom. The average Bonchev–Trinajstić information content (AvgIpc) is 2.74. The molecule has 0 unspecified atom stereocenters. The van der Waals surface area contributed by atoms with Gasteiger partial charge in [0.05, 0.1) is 12.0 Å². The number of rotatable bonds is 8. The third-order valence-electron chi connectivity index (χ3n) is 2.56. The van der Waals surface area contributed by atoms with Crippen molar-refractivity contribution in [3.63, 3.8) is 0 Å². The fourth-order valence-electron chi connectivity index (χ4n) is 1.81. The Bertz CT molecular complexity index is 718. The van der Waals surface area contributed by atoms with Crippen LogP contribution in [0, 0.1) is 11.3 Å². The van der Waals surface area contributed by atoms with Crippen LogP contribution < -0.4 is 4.90 Å². The summed E-state index contributed by atoms with van der Waals surface area (Å²) >= 11 is 0.467. The molecule has 4 N–H and O–H groups in total. The van der Waals surface area contributed by atoms with Gasteiger partial charge in [0.1, 0.15) is 29.0 Å². The number of carboxylic acid groups (broad SMARTS) is 4. The average molecular weight is 438 g/mol. The van der Waals surface area contributed by atoms with Crippen LogP contribution in [-0.4, -0.2) is 176 Å². The van der Waals surface area contributed by atoms with Gasteiger partial charge in [-0.15, -0.1) is 11.3 Å². The number of aromatic carboxylic acids is 1. The molecule has 1 aromatic rings. The van der Waals surface area contributed by atoms with Crippen molar-refractivity contribution in [2.45, 2.75) is 6.42 Å². The summed E-state index contributed by atoms with van der Waals surface area (Å²) < 4.78 is 0. The van der Waals surface area contributed by atoms with E-state index < -0.39 is 48.3 Å². The third-order valence-corrected chi connectivity index (χ3v) is 3.84. The van der Waals surface area contributed by atoms with Gasteiger partial charge in [-0.05, 0) is 0 Å². The second-order valence-electron chi connectivity index (χ2n) is 4.22. The van der Waals surface area contributed by atoms with Crippen molar-refractivity contribution < 1.29 is 39.6 Å². The van der Waals surface area contributed by atoms with E-state index in [-0.39, 0.29) is 134 Å². The summed E-state index contributed by atoms with van der Waals surface area (Å²) in [5.41, 5.74) is -0.634. The van der Waals surface area contributed by atoms with E-state index in [2.05, 4.69) is 0 Å². The molecule has 0 aliphatic heterocycles. The van der Waals surface area contributed by atoms with Crippen molar-refractivity contribution in [3.8, 4) is 6.07 Å². The molecule has 0 aromatic carbocycles. The number of hydrogen-bond donors (Lipinski definition) is 4. The first-order chi connectivity index (χ1) is 10.7. The molecule has 0 radical (unpaired) electrons. The molecule has 15 heteroatoms. The summed E-state index contributed by atoms with van der Waals surface area (Å²) in [4.78, 5) is 44.1. The van der Waals surface area contributed by atoms with Crippen molar-refractivity contribution in [2.24, 2.45) is 0 Å². The van der Waals surface area contributed by atoms with Crippen LogP contribution >= 0.6 is 11.3 Å². The van der Waals surface area contributed by atoms with E-state index in [1.165, 1.54) is 0 Å². The number of anilines is 1. The number of nitrogens with zero attached hydrogens (tertiary/aromatic N) is 2. The Morgan fingerprint density at radius 1 is 0.889 bits per heavy atom. The summed E-state index contributed by atoms with van der Waals surface area (Å²) in [5.74, 6) is -5.64. The van der Waals surface area contributed by atoms with Gasteiger partial charge in [0.15, 0.2) is 0 Å². The summed E-state index contributed by atoms with van der Waals surface area (Å²) in [7, 11) is 0. The number of nitriles is 1. The van der Waals surface area contributed by atoms with Crippen LogP contribution in [0.2, 0.25) is 0 Å². The van der Waals surface area contributed by atoms with E-state index in [9.17, 15) is 24.4 Å². The van der Waals surface area contributed by atoms with Crippen molar-refractivity contribution in [1.29, 1.82) is 5.26 Å². The van der Waals surface area contributed by atoms with Gasteiger partial charge in [0, 0.05) is 5.56 Å². The minimum atomic E-state index is -1.49. The molecule has 130 valence electrons. The molecule has 0 atom stereocenters. The molecule has 0 aliphatic rings. The Balaban J connectivity index is -0.000000661. The monoisotopic (exact) mass is 438 g/mol. The molecular formula is C12H14N2Na4O8S. The zero-order valence-corrected chi connectivity index (χ0v) is 12.2. The predicted molar refractivity (Wildman–Crippen MR) is 103 cm³/mol. The van der Waals surface area contributed by atoms with E-state index >= 15 is 0 Å². The van der Waals surface area contributed by atoms with Crippen LogP contribution in [0.25, 0.3) is 0 Å². The quantitative estimate of drug-likeness (QED) is 0.313. The summed E-state index contributed by atoms with van der Waals surface area (Å²) in [6.45, 7) is -1.57. The Hall–Kier alpha value is 0.870. The van der Waals surface area contributed by atoms with Gasteiger partial charge in [-0.2, -0.15) is 5.26 Å². The zero-order valence-electron chi connectivity index (χ0n) is 11.3. The first kappa shape index (κ1) is 35.3. The van der Waals surface area contributed by atoms with Gasteiger partial charge in [-0.25, -0.2) is 4.79 Å². The molecular weight excluding hydrogens is 424 g/mol. The molecule has 0 bridgehead atoms. The minimum absolute atomic E-state index is 0. The predicted octanol–water partition coefficient (Wildman–Crippen LogP) is -2.67. The Kier molecular flexibility index (Phi) is 21.8. The number of aliphatic carboxylic acids is 3. The number of thiophene rings is 1. The van der Waals surface area contributed by atoms with Crippen molar-refractivity contribution in [3.05, 3.63) is 16.0 Å². The van der Waals surface area contributed by atoms with E-state index in [1.807, 2.05) is 0 Å². The molecule has 0 saturated heterocycles. The van der Waals surface area contributed by atoms with E-state index in [0.29, 0.717) is 11.3 Å².